The van der Waals surface area contributed by atoms with Gasteiger partial charge < -0.3 is 9.51 Å². The van der Waals surface area contributed by atoms with Crippen LogP contribution < -0.4 is 0 Å². The molecule has 0 radical (unpaired) electrons. The molecule has 1 aliphatic rings. The summed E-state index contributed by atoms with van der Waals surface area (Å²) in [6, 6.07) is 18.9. The average Bonchev–Trinajstić information content (AvgIpc) is 3.43. The van der Waals surface area contributed by atoms with Gasteiger partial charge in [0.15, 0.2) is 0 Å². The lowest BCUT2D eigenvalue weighted by atomic mass is 10.0. The van der Waals surface area contributed by atoms with E-state index in [1.54, 1.807) is 6.33 Å². The number of H-pyrrole nitrogens is 1. The molecule has 2 aromatic heterocycles. The van der Waals surface area contributed by atoms with Crippen molar-refractivity contribution in [2.45, 2.75) is 38.8 Å². The van der Waals surface area contributed by atoms with Gasteiger partial charge in [-0.05, 0) is 37.9 Å². The van der Waals surface area contributed by atoms with Crippen molar-refractivity contribution in [3.05, 3.63) is 89.3 Å². The summed E-state index contributed by atoms with van der Waals surface area (Å²) in [5, 5.41) is 4.27. The van der Waals surface area contributed by atoms with Gasteiger partial charge in [-0.3, -0.25) is 4.90 Å². The van der Waals surface area contributed by atoms with Gasteiger partial charge in [0.05, 0.1) is 23.8 Å². The van der Waals surface area contributed by atoms with E-state index < -0.39 is 0 Å². The fourth-order valence-electron chi connectivity index (χ4n) is 4.17. The lowest BCUT2D eigenvalue weighted by Gasteiger charge is -2.32. The minimum atomic E-state index is 0.0441. The van der Waals surface area contributed by atoms with Crippen molar-refractivity contribution in [2.75, 3.05) is 6.54 Å². The third-order valence-electron chi connectivity index (χ3n) is 5.75. The number of aryl methyl sites for hydroxylation is 2. The molecule has 0 fully saturated rings. The van der Waals surface area contributed by atoms with E-state index in [1.807, 2.05) is 12.1 Å². The molecule has 6 nitrogen and oxygen atoms in total. The second kappa shape index (κ2) is 8.24. The van der Waals surface area contributed by atoms with Crippen molar-refractivity contribution < 1.29 is 4.52 Å². The first-order chi connectivity index (χ1) is 14.8. The van der Waals surface area contributed by atoms with Gasteiger partial charge in [-0.1, -0.05) is 59.3 Å². The highest BCUT2D eigenvalue weighted by Gasteiger charge is 2.32. The smallest absolute Gasteiger partial charge is 0.244 e. The van der Waals surface area contributed by atoms with Gasteiger partial charge in [-0.25, -0.2) is 4.98 Å². The van der Waals surface area contributed by atoms with Gasteiger partial charge >= 0.3 is 0 Å². The second-order valence-electron chi connectivity index (χ2n) is 7.93. The molecule has 4 aromatic rings. The van der Waals surface area contributed by atoms with E-state index in [0.717, 1.165) is 43.6 Å². The summed E-state index contributed by atoms with van der Waals surface area (Å²) in [4.78, 5) is 15.0. The van der Waals surface area contributed by atoms with Crippen LogP contribution in [0.3, 0.4) is 0 Å². The van der Waals surface area contributed by atoms with Gasteiger partial charge in [-0.15, -0.1) is 0 Å². The van der Waals surface area contributed by atoms with E-state index in [9.17, 15) is 0 Å². The van der Waals surface area contributed by atoms with Crippen LogP contribution in [0.15, 0.2) is 65.4 Å². The summed E-state index contributed by atoms with van der Waals surface area (Å²) in [7, 11) is 0. The Balaban J connectivity index is 1.36. The number of hydrogen-bond donors (Lipinski definition) is 1. The molecule has 0 aliphatic carbocycles. The number of imidazole rings is 1. The highest BCUT2D eigenvalue weighted by molar-refractivity contribution is 5.55. The van der Waals surface area contributed by atoms with Crippen LogP contribution in [0.25, 0.3) is 11.4 Å². The van der Waals surface area contributed by atoms with Crippen molar-refractivity contribution in [1.29, 1.82) is 0 Å². The summed E-state index contributed by atoms with van der Waals surface area (Å²) in [6.45, 7) is 3.84. The van der Waals surface area contributed by atoms with Crippen LogP contribution in [-0.4, -0.2) is 31.6 Å². The molecule has 0 saturated heterocycles. The maximum Gasteiger partial charge on any atom is 0.244 e. The van der Waals surface area contributed by atoms with Crippen molar-refractivity contribution in [2.24, 2.45) is 0 Å². The first kappa shape index (κ1) is 18.8. The third kappa shape index (κ3) is 3.91. The van der Waals surface area contributed by atoms with Crippen LogP contribution in [-0.2, 0) is 19.4 Å². The number of aromatic amines is 1. The maximum absolute atomic E-state index is 5.74. The number of hydrogen-bond acceptors (Lipinski definition) is 5. The minimum Gasteiger partial charge on any atom is -0.347 e. The van der Waals surface area contributed by atoms with E-state index in [1.165, 1.54) is 16.8 Å². The zero-order valence-electron chi connectivity index (χ0n) is 17.1. The number of nitrogens with one attached hydrogen (secondary N) is 1. The summed E-state index contributed by atoms with van der Waals surface area (Å²) in [5.74, 6) is 1.31. The van der Waals surface area contributed by atoms with Gasteiger partial charge in [0.25, 0.3) is 0 Å². The van der Waals surface area contributed by atoms with Crippen molar-refractivity contribution in [1.82, 2.24) is 25.0 Å². The van der Waals surface area contributed by atoms with Crippen molar-refractivity contribution in [3.8, 4) is 11.4 Å². The first-order valence-corrected chi connectivity index (χ1v) is 10.5. The van der Waals surface area contributed by atoms with E-state index in [0.29, 0.717) is 11.7 Å². The molecular formula is C24H25N5O. The Kier molecular flexibility index (Phi) is 5.15. The number of nitrogens with zero attached hydrogens (tertiary/aromatic N) is 4. The molecule has 0 saturated carbocycles. The molecule has 3 heterocycles. The summed E-state index contributed by atoms with van der Waals surface area (Å²) in [6.07, 6.45) is 4.68. The van der Waals surface area contributed by atoms with E-state index >= 15 is 0 Å². The van der Waals surface area contributed by atoms with E-state index in [4.69, 9.17) is 9.51 Å². The number of benzene rings is 2. The van der Waals surface area contributed by atoms with Crippen LogP contribution in [0.2, 0.25) is 0 Å². The Morgan fingerprint density at radius 1 is 1.13 bits per heavy atom. The topological polar surface area (TPSA) is 70.8 Å². The molecule has 152 valence electrons. The SMILES string of the molecule is Cc1cccc(-c2noc(C3Cc4nc[nH]c4CN3CCCc3ccccc3)n2)c1. The maximum atomic E-state index is 5.74. The molecule has 6 heteroatoms. The van der Waals surface area contributed by atoms with Crippen LogP contribution in [0.4, 0.5) is 0 Å². The largest absolute Gasteiger partial charge is 0.347 e. The first-order valence-electron chi connectivity index (χ1n) is 10.5. The molecule has 1 aliphatic heterocycles. The summed E-state index contributed by atoms with van der Waals surface area (Å²) in [5.41, 5.74) is 5.81. The predicted molar refractivity (Wildman–Crippen MR) is 115 cm³/mol. The lowest BCUT2D eigenvalue weighted by Crippen LogP contribution is -2.35. The number of aromatic nitrogens is 4. The van der Waals surface area contributed by atoms with Gasteiger partial charge in [-0.2, -0.15) is 4.98 Å². The minimum absolute atomic E-state index is 0.0441. The van der Waals surface area contributed by atoms with Crippen LogP contribution in [0.1, 0.15) is 40.9 Å². The highest BCUT2D eigenvalue weighted by atomic mass is 16.5. The Hall–Kier alpha value is -3.25. The number of rotatable bonds is 6. The van der Waals surface area contributed by atoms with Gasteiger partial charge in [0.1, 0.15) is 0 Å². The molecule has 1 unspecified atom stereocenters. The monoisotopic (exact) mass is 399 g/mol. The molecule has 1 N–H and O–H groups in total. The van der Waals surface area contributed by atoms with Crippen LogP contribution in [0.5, 0.6) is 0 Å². The Morgan fingerprint density at radius 2 is 2.03 bits per heavy atom. The van der Waals surface area contributed by atoms with Crippen LogP contribution in [0, 0.1) is 6.92 Å². The summed E-state index contributed by atoms with van der Waals surface area (Å²) < 4.78 is 5.74. The third-order valence-corrected chi connectivity index (χ3v) is 5.75. The molecule has 5 rings (SSSR count). The molecule has 2 aromatic carbocycles. The van der Waals surface area contributed by atoms with Crippen molar-refractivity contribution >= 4 is 0 Å². The second-order valence-corrected chi connectivity index (χ2v) is 7.93. The summed E-state index contributed by atoms with van der Waals surface area (Å²) >= 11 is 0. The Labute approximate surface area is 176 Å². The standard InChI is InChI=1S/C24H25N5O/c1-17-7-5-11-19(13-17)23-27-24(30-28-23)22-14-20-21(26-16-25-20)15-29(22)12-6-10-18-8-3-2-4-9-18/h2-5,7-9,11,13,16,22H,6,10,12,14-15H2,1H3,(H,25,26). The normalized spacial score (nSPS) is 16.5. The van der Waals surface area contributed by atoms with E-state index in [-0.39, 0.29) is 6.04 Å². The highest BCUT2D eigenvalue weighted by Crippen LogP contribution is 2.32. The zero-order valence-corrected chi connectivity index (χ0v) is 17.1. The zero-order chi connectivity index (χ0) is 20.3. The Bertz CT molecular complexity index is 1120. The van der Waals surface area contributed by atoms with Gasteiger partial charge in [0, 0.05) is 18.5 Å². The fourth-order valence-corrected chi connectivity index (χ4v) is 4.17. The predicted octanol–water partition coefficient (Wildman–Crippen LogP) is 4.50. The fraction of sp³-hybridized carbons (Fsp3) is 0.292. The molecule has 0 bridgehead atoms. The van der Waals surface area contributed by atoms with Crippen LogP contribution >= 0.6 is 0 Å². The molecule has 0 spiro atoms. The molecule has 1 atom stereocenters. The molecule has 30 heavy (non-hydrogen) atoms. The number of fused-ring (bicyclic) bond motifs is 1. The average molecular weight is 399 g/mol. The molecule has 0 amide bonds. The van der Waals surface area contributed by atoms with Gasteiger partial charge in [0.2, 0.25) is 11.7 Å². The molecular weight excluding hydrogens is 374 g/mol. The van der Waals surface area contributed by atoms with Crippen molar-refractivity contribution in [3.63, 3.8) is 0 Å². The Morgan fingerprint density at radius 3 is 2.90 bits per heavy atom. The van der Waals surface area contributed by atoms with E-state index in [2.05, 4.69) is 69.4 Å². The lowest BCUT2D eigenvalue weighted by molar-refractivity contribution is 0.134. The quantitative estimate of drug-likeness (QED) is 0.517.